The average Bonchev–Trinajstić information content (AvgIpc) is 3.23. The van der Waals surface area contributed by atoms with E-state index in [4.69, 9.17) is 10.3 Å². The Bertz CT molecular complexity index is 1210. The summed E-state index contributed by atoms with van der Waals surface area (Å²) in [5.41, 5.74) is 11.1. The first-order valence-electron chi connectivity index (χ1n) is 11.2. The quantitative estimate of drug-likeness (QED) is 0.446. The maximum Gasteiger partial charge on any atom is 0.244 e. The number of anilines is 2. The topological polar surface area (TPSA) is 120 Å². The molecule has 11 heteroatoms. The molecule has 0 spiro atoms. The van der Waals surface area contributed by atoms with Crippen molar-refractivity contribution in [3.05, 3.63) is 30.5 Å². The third kappa shape index (κ3) is 4.63. The normalized spacial score (nSPS) is 18.2. The second-order valence-corrected chi connectivity index (χ2v) is 8.63. The summed E-state index contributed by atoms with van der Waals surface area (Å²) in [7, 11) is 1.53. The maximum absolute atomic E-state index is 14.7. The second kappa shape index (κ2) is 9.62. The molecule has 2 aromatic heterocycles. The fourth-order valence-electron chi connectivity index (χ4n) is 4.18. The molecule has 1 aliphatic heterocycles. The molecule has 3 heterocycles. The predicted molar refractivity (Wildman–Crippen MR) is 128 cm³/mol. The molecule has 3 aromatic rings. The van der Waals surface area contributed by atoms with Crippen LogP contribution in [0.3, 0.4) is 0 Å². The van der Waals surface area contributed by atoms with Crippen LogP contribution in [0, 0.1) is 5.53 Å². The molecule has 3 N–H and O–H groups in total. The van der Waals surface area contributed by atoms with E-state index in [0.29, 0.717) is 30.0 Å². The maximum atomic E-state index is 14.7. The van der Waals surface area contributed by atoms with Gasteiger partial charge in [-0.15, -0.1) is 5.10 Å². The summed E-state index contributed by atoms with van der Waals surface area (Å²) in [5, 5.41) is 14.5. The molecule has 1 fully saturated rings. The minimum atomic E-state index is -1.23. The number of benzene rings is 1. The minimum absolute atomic E-state index is 0.0490. The third-order valence-electron chi connectivity index (χ3n) is 5.85. The van der Waals surface area contributed by atoms with Gasteiger partial charge in [-0.2, -0.15) is 10.1 Å². The Balaban J connectivity index is 1.65. The highest BCUT2D eigenvalue weighted by Gasteiger charge is 2.31. The highest BCUT2D eigenvalue weighted by molar-refractivity contribution is 5.87. The van der Waals surface area contributed by atoms with E-state index in [2.05, 4.69) is 25.8 Å². The van der Waals surface area contributed by atoms with Crippen LogP contribution >= 0.6 is 0 Å². The number of nitrogens with one attached hydrogen (secondary N) is 3. The number of fused-ring (bicyclic) bond motifs is 1. The molecule has 0 unspecified atom stereocenters. The van der Waals surface area contributed by atoms with Crippen LogP contribution in [0.1, 0.15) is 27.2 Å². The SMILES string of the molecule is COc1nc(N[C@H]2CCN(C(C)=O)C[C@H]2F)nn2ccc(-c3ccc(N=N)c(NC(C)C)c3)c12. The Labute approximate surface area is 197 Å². The first-order valence-corrected chi connectivity index (χ1v) is 11.2. The number of amides is 1. The van der Waals surface area contributed by atoms with E-state index < -0.39 is 12.2 Å². The number of rotatable bonds is 7. The Morgan fingerprint density at radius 1 is 1.35 bits per heavy atom. The number of halogens is 1. The van der Waals surface area contributed by atoms with Crippen molar-refractivity contribution in [2.75, 3.05) is 30.8 Å². The van der Waals surface area contributed by atoms with Gasteiger partial charge in [-0.3, -0.25) is 4.79 Å². The predicted octanol–water partition coefficient (Wildman–Crippen LogP) is 4.26. The van der Waals surface area contributed by atoms with Crippen LogP contribution in [0.5, 0.6) is 5.88 Å². The molecule has 180 valence electrons. The van der Waals surface area contributed by atoms with E-state index in [1.165, 1.54) is 18.9 Å². The fourth-order valence-corrected chi connectivity index (χ4v) is 4.18. The number of methoxy groups -OCH3 is 1. The van der Waals surface area contributed by atoms with Crippen LogP contribution in [-0.4, -0.2) is 63.9 Å². The first-order chi connectivity index (χ1) is 16.3. The molecule has 10 nitrogen and oxygen atoms in total. The van der Waals surface area contributed by atoms with E-state index in [9.17, 15) is 9.18 Å². The standard InChI is InChI=1S/C23H29FN8O2/c1-13(2)26-20-11-15(5-6-19(20)29-25)16-7-10-32-21(16)22(34-4)28-23(30-32)27-18-8-9-31(14(3)33)12-17(18)24/h5-7,10-11,13,17-18,25-26H,8-9,12H2,1-4H3,(H,27,30)/t17-,18+/m1/s1. The van der Waals surface area contributed by atoms with Crippen LogP contribution in [0.4, 0.5) is 21.7 Å². The Hall–Kier alpha value is -3.76. The summed E-state index contributed by atoms with van der Waals surface area (Å²) in [6.07, 6.45) is 1.03. The zero-order valence-corrected chi connectivity index (χ0v) is 19.7. The van der Waals surface area contributed by atoms with Crippen molar-refractivity contribution < 1.29 is 13.9 Å². The lowest BCUT2D eigenvalue weighted by molar-refractivity contribution is -0.131. The van der Waals surface area contributed by atoms with Crippen LogP contribution in [0.15, 0.2) is 35.6 Å². The zero-order chi connectivity index (χ0) is 24.4. The van der Waals surface area contributed by atoms with E-state index in [1.54, 1.807) is 16.8 Å². The molecule has 0 bridgehead atoms. The zero-order valence-electron chi connectivity index (χ0n) is 19.7. The van der Waals surface area contributed by atoms with E-state index in [0.717, 1.165) is 16.8 Å². The van der Waals surface area contributed by atoms with Crippen molar-refractivity contribution in [2.45, 2.75) is 45.4 Å². The molecule has 4 rings (SSSR count). The smallest absolute Gasteiger partial charge is 0.244 e. The molecule has 1 aromatic carbocycles. The monoisotopic (exact) mass is 468 g/mol. The lowest BCUT2D eigenvalue weighted by Gasteiger charge is -2.34. The molecular formula is C23H29FN8O2. The highest BCUT2D eigenvalue weighted by atomic mass is 19.1. The van der Waals surface area contributed by atoms with Gasteiger partial charge in [0.1, 0.15) is 17.4 Å². The van der Waals surface area contributed by atoms with Gasteiger partial charge in [-0.05, 0) is 44.0 Å². The van der Waals surface area contributed by atoms with Crippen LogP contribution in [0.25, 0.3) is 16.6 Å². The van der Waals surface area contributed by atoms with E-state index in [1.807, 2.05) is 32.0 Å². The van der Waals surface area contributed by atoms with Gasteiger partial charge in [-0.1, -0.05) is 6.07 Å². The number of piperidine rings is 1. The average molecular weight is 469 g/mol. The number of carbonyl (C=O) groups is 1. The summed E-state index contributed by atoms with van der Waals surface area (Å²) >= 11 is 0. The number of hydrogen-bond donors (Lipinski definition) is 3. The summed E-state index contributed by atoms with van der Waals surface area (Å²) in [5.74, 6) is 0.471. The van der Waals surface area contributed by atoms with Crippen molar-refractivity contribution in [1.82, 2.24) is 19.5 Å². The minimum Gasteiger partial charge on any atom is -0.479 e. The van der Waals surface area contributed by atoms with Gasteiger partial charge in [0.15, 0.2) is 0 Å². The number of likely N-dealkylation sites (tertiary alicyclic amines) is 1. The fraction of sp³-hybridized carbons (Fsp3) is 0.435. The van der Waals surface area contributed by atoms with Crippen LogP contribution in [-0.2, 0) is 4.79 Å². The van der Waals surface area contributed by atoms with Gasteiger partial charge < -0.3 is 20.3 Å². The van der Waals surface area contributed by atoms with Gasteiger partial charge in [0.05, 0.1) is 25.4 Å². The molecule has 1 aliphatic rings. The molecule has 2 atom stereocenters. The van der Waals surface area contributed by atoms with Crippen molar-refractivity contribution in [3.8, 4) is 17.0 Å². The van der Waals surface area contributed by atoms with Crippen molar-refractivity contribution in [1.29, 1.82) is 5.53 Å². The summed E-state index contributed by atoms with van der Waals surface area (Å²) in [4.78, 5) is 17.5. The summed E-state index contributed by atoms with van der Waals surface area (Å²) in [6, 6.07) is 7.19. The van der Waals surface area contributed by atoms with Gasteiger partial charge in [0.2, 0.25) is 17.7 Å². The largest absolute Gasteiger partial charge is 0.479 e. The van der Waals surface area contributed by atoms with Crippen molar-refractivity contribution in [2.24, 2.45) is 5.11 Å². The molecule has 0 saturated carbocycles. The highest BCUT2D eigenvalue weighted by Crippen LogP contribution is 2.36. The second-order valence-electron chi connectivity index (χ2n) is 8.63. The Morgan fingerprint density at radius 2 is 2.15 bits per heavy atom. The molecule has 1 saturated heterocycles. The van der Waals surface area contributed by atoms with Gasteiger partial charge in [0.25, 0.3) is 0 Å². The Kier molecular flexibility index (Phi) is 6.62. The third-order valence-corrected chi connectivity index (χ3v) is 5.85. The van der Waals surface area contributed by atoms with Crippen molar-refractivity contribution >= 4 is 28.7 Å². The molecule has 1 amide bonds. The van der Waals surface area contributed by atoms with Crippen molar-refractivity contribution in [3.63, 3.8) is 0 Å². The van der Waals surface area contributed by atoms with Crippen LogP contribution in [0.2, 0.25) is 0 Å². The number of nitrogens with zero attached hydrogens (tertiary/aromatic N) is 5. The lowest BCUT2D eigenvalue weighted by atomic mass is 10.0. The summed E-state index contributed by atoms with van der Waals surface area (Å²) in [6.45, 7) is 6.02. The number of aromatic nitrogens is 3. The molecule has 0 radical (unpaired) electrons. The first kappa shape index (κ1) is 23.4. The van der Waals surface area contributed by atoms with E-state index in [-0.39, 0.29) is 24.4 Å². The van der Waals surface area contributed by atoms with Gasteiger partial charge in [0, 0.05) is 31.3 Å². The van der Waals surface area contributed by atoms with Gasteiger partial charge in [-0.25, -0.2) is 14.4 Å². The van der Waals surface area contributed by atoms with Gasteiger partial charge >= 0.3 is 0 Å². The number of hydrogen-bond acceptors (Lipinski definition) is 8. The molecular weight excluding hydrogens is 439 g/mol. The summed E-state index contributed by atoms with van der Waals surface area (Å²) < 4.78 is 21.9. The molecule has 0 aliphatic carbocycles. The van der Waals surface area contributed by atoms with E-state index >= 15 is 0 Å². The van der Waals surface area contributed by atoms with Crippen LogP contribution < -0.4 is 15.4 Å². The number of ether oxygens (including phenoxy) is 1. The Morgan fingerprint density at radius 3 is 2.79 bits per heavy atom. The molecule has 34 heavy (non-hydrogen) atoms. The number of alkyl halides is 1. The lowest BCUT2D eigenvalue weighted by Crippen LogP contribution is -2.49. The number of carbonyl (C=O) groups excluding carboxylic acids is 1.